The number of nitrogens with one attached hydrogen (secondary N) is 6. The highest BCUT2D eigenvalue weighted by Crippen LogP contribution is 2.87. The number of rotatable bonds is 26. The summed E-state index contributed by atoms with van der Waals surface area (Å²) in [5.74, 6) is -8.72. The lowest BCUT2D eigenvalue weighted by atomic mass is 10.7. The Labute approximate surface area is 356 Å². The van der Waals surface area contributed by atoms with Gasteiger partial charge >= 0.3 is 0 Å². The third-order valence-electron chi connectivity index (χ3n) is 5.58. The third-order valence-corrected chi connectivity index (χ3v) is 28.2. The van der Waals surface area contributed by atoms with Crippen LogP contribution in [0.2, 0.25) is 0 Å². The molecular weight excluding hydrogens is 980 g/mol. The molecule has 0 aliphatic carbocycles. The van der Waals surface area contributed by atoms with Gasteiger partial charge in [-0.3, -0.25) is 30.5 Å². The molecule has 0 fully saturated rings. The average molecular weight is 1040 g/mol. The maximum Gasteiger partial charge on any atom is 0.257 e. The van der Waals surface area contributed by atoms with Gasteiger partial charge < -0.3 is 51.3 Å². The minimum absolute atomic E-state index is 0. The Bertz CT molecular complexity index is 1130. The molecule has 33 heteroatoms. The van der Waals surface area contributed by atoms with Gasteiger partial charge in [-0.05, 0) is 67.4 Å². The zero-order valence-electron chi connectivity index (χ0n) is 31.3. The molecule has 2 rings (SSSR count). The van der Waals surface area contributed by atoms with Crippen molar-refractivity contribution in [2.45, 2.75) is 0 Å². The number of nitrogens with zero attached hydrogens (tertiary/aromatic N) is 6. The van der Waals surface area contributed by atoms with Gasteiger partial charge in [-0.15, -0.1) is 0 Å². The molecule has 0 saturated heterocycles. The first kappa shape index (κ1) is 58.9. The summed E-state index contributed by atoms with van der Waals surface area (Å²) in [5.41, 5.74) is 5.01. The van der Waals surface area contributed by atoms with E-state index in [2.05, 4.69) is 48.8 Å². The van der Waals surface area contributed by atoms with Gasteiger partial charge in [0.05, 0.1) is 46.2 Å². The Morgan fingerprint density at radius 2 is 0.556 bits per heavy atom. The second-order valence-corrected chi connectivity index (χ2v) is 32.5. The van der Waals surface area contributed by atoms with Gasteiger partial charge in [0, 0.05) is 95.6 Å². The van der Waals surface area contributed by atoms with Crippen LogP contribution in [0.5, 0.6) is 0 Å². The molecule has 2 heterocycles. The van der Waals surface area contributed by atoms with Gasteiger partial charge in [-0.1, -0.05) is 0 Å². The fourth-order valence-corrected chi connectivity index (χ4v) is 34.0. The lowest BCUT2D eigenvalue weighted by Gasteiger charge is -2.37. The fourth-order valence-electron chi connectivity index (χ4n) is 3.54. The minimum atomic E-state index is -2.91. The molecular formula is C21H57Cl7N13O7P6-. The molecule has 328 valence electrons. The van der Waals surface area contributed by atoms with E-state index in [0.29, 0.717) is 92.1 Å². The topological polar surface area (TPSA) is 237 Å². The predicted octanol–water partition coefficient (Wildman–Crippen LogP) is 5.12. The quantitative estimate of drug-likeness (QED) is 0.0440. The Morgan fingerprint density at radius 1 is 0.370 bits per heavy atom. The van der Waals surface area contributed by atoms with E-state index in [1.54, 1.807) is 49.8 Å². The number of hydrogen-bond donors (Lipinski definition) is 7. The molecule has 8 N–H and O–H groups in total. The van der Waals surface area contributed by atoms with Crippen LogP contribution in [0.4, 0.5) is 0 Å². The number of nitrogens with two attached hydrogens (primary N) is 1. The summed E-state index contributed by atoms with van der Waals surface area (Å²) in [6.45, 7) is 7.70. The fraction of sp³-hybridized carbons (Fsp3) is 1.00. The van der Waals surface area contributed by atoms with E-state index in [1.807, 2.05) is 0 Å². The molecule has 0 bridgehead atoms. The van der Waals surface area contributed by atoms with Gasteiger partial charge in [-0.2, -0.15) is 27.1 Å². The Hall–Kier alpha value is 2.85. The molecule has 0 amide bonds. The largest absolute Gasteiger partial charge is 1.00 e. The van der Waals surface area contributed by atoms with Crippen molar-refractivity contribution in [3.05, 3.63) is 0 Å². The number of ether oxygens (including phenoxy) is 7. The molecule has 20 nitrogen and oxygen atoms in total. The molecule has 0 aromatic rings. The molecule has 2 aliphatic heterocycles. The van der Waals surface area contributed by atoms with Gasteiger partial charge in [0.25, 0.3) is 17.7 Å². The molecule has 0 aromatic carbocycles. The Balaban J connectivity index is 0. The molecule has 0 spiro atoms. The maximum atomic E-state index is 5.64. The summed E-state index contributed by atoms with van der Waals surface area (Å²) in [6, 6.07) is 0. The summed E-state index contributed by atoms with van der Waals surface area (Å²) in [7, 11) is 3.52. The van der Waals surface area contributed by atoms with E-state index >= 15 is 0 Å². The van der Waals surface area contributed by atoms with Crippen molar-refractivity contribution in [1.82, 2.24) is 30.5 Å². The van der Waals surface area contributed by atoms with E-state index in [9.17, 15) is 0 Å². The van der Waals surface area contributed by atoms with Gasteiger partial charge in [0.2, 0.25) is 22.5 Å². The number of hydrogen-bond acceptors (Lipinski definition) is 20. The highest BCUT2D eigenvalue weighted by molar-refractivity contribution is 8.26. The standard InChI is InChI=1S/C18H48N9O6P3.C3H9NO.Cl6N3P3.ClH/c1-28-13-7-19-34(20-8-14-29-2)25-35(21-9-15-30-3,22-10-16-31-4)27-36(26-34,23-11-17-32-5)24-12-18-33-6;1-5-3-2-4;1-10(2)7-11(3,4)9-12(5,6)8-10;/h19-24H,7-18H2,1-6H3;2-4H2,1H3;;1H/p-1. The zero-order valence-corrected chi connectivity index (χ0v) is 42.0. The second-order valence-electron chi connectivity index (χ2n) is 9.89. The number of halogens is 7. The summed E-state index contributed by atoms with van der Waals surface area (Å²) >= 11 is 33.9. The van der Waals surface area contributed by atoms with Gasteiger partial charge in [-0.25, -0.2) is 0 Å². The van der Waals surface area contributed by atoms with E-state index in [-0.39, 0.29) is 12.4 Å². The maximum absolute atomic E-state index is 5.64. The average Bonchev–Trinajstić information content (AvgIpc) is 3.04. The Morgan fingerprint density at radius 3 is 0.685 bits per heavy atom. The highest BCUT2D eigenvalue weighted by atomic mass is 35.9. The van der Waals surface area contributed by atoms with Crippen LogP contribution < -0.4 is 48.7 Å². The van der Waals surface area contributed by atoms with Crippen LogP contribution in [0.1, 0.15) is 0 Å². The van der Waals surface area contributed by atoms with E-state index in [1.165, 1.54) is 0 Å². The minimum Gasteiger partial charge on any atom is -1.00 e. The molecule has 0 radical (unpaired) electrons. The first-order valence-corrected chi connectivity index (χ1v) is 31.3. The lowest BCUT2D eigenvalue weighted by Crippen LogP contribution is -3.00. The predicted molar refractivity (Wildman–Crippen MR) is 231 cm³/mol. The van der Waals surface area contributed by atoms with Crippen LogP contribution in [0.25, 0.3) is 0 Å². The highest BCUT2D eigenvalue weighted by Gasteiger charge is 2.37. The van der Waals surface area contributed by atoms with Crippen LogP contribution in [-0.4, -0.2) is 142 Å². The van der Waals surface area contributed by atoms with Crippen molar-refractivity contribution in [3.63, 3.8) is 0 Å². The SMILES string of the molecule is COCCN.COCCNP1(NCCOC)=NP(NCCOC)(NCCOC)=NP(NCCOC)(NCCOC)=N1.ClP1(Cl)=NP(Cl)(Cl)=NP(Cl)(Cl)=N1.[Cl-]. The normalized spacial score (nSPS) is 19.2. The van der Waals surface area contributed by atoms with Crippen molar-refractivity contribution in [1.29, 1.82) is 0 Å². The van der Waals surface area contributed by atoms with Crippen molar-refractivity contribution < 1.29 is 45.6 Å². The first-order valence-electron chi connectivity index (χ1n) is 15.7. The van der Waals surface area contributed by atoms with Crippen molar-refractivity contribution in [2.24, 2.45) is 32.8 Å². The molecule has 54 heavy (non-hydrogen) atoms. The summed E-state index contributed by atoms with van der Waals surface area (Å²) in [5, 5.41) is 21.4. The van der Waals surface area contributed by atoms with Crippen LogP contribution >= 0.6 is 108 Å². The van der Waals surface area contributed by atoms with Gasteiger partial charge in [0.15, 0.2) is 0 Å². The van der Waals surface area contributed by atoms with Crippen molar-refractivity contribution in [2.75, 3.05) is 142 Å². The second kappa shape index (κ2) is 32.5. The summed E-state index contributed by atoms with van der Waals surface area (Å²) in [4.78, 5) is 0. The van der Waals surface area contributed by atoms with Crippen LogP contribution in [-0.2, 0) is 33.2 Å². The lowest BCUT2D eigenvalue weighted by molar-refractivity contribution is -0.0000141. The monoisotopic (exact) mass is 1030 g/mol. The smallest absolute Gasteiger partial charge is 0.257 e. The van der Waals surface area contributed by atoms with E-state index < -0.39 is 40.3 Å². The van der Waals surface area contributed by atoms with E-state index in [0.717, 1.165) is 0 Å². The van der Waals surface area contributed by atoms with Crippen molar-refractivity contribution >= 4 is 108 Å². The van der Waals surface area contributed by atoms with E-state index in [4.69, 9.17) is 115 Å². The van der Waals surface area contributed by atoms with Crippen molar-refractivity contribution in [3.8, 4) is 0 Å². The van der Waals surface area contributed by atoms with Crippen LogP contribution in [0.15, 0.2) is 27.1 Å². The summed E-state index contributed by atoms with van der Waals surface area (Å²) in [6.07, 6.45) is 0. The molecule has 0 atom stereocenters. The molecule has 0 aromatic heterocycles. The molecule has 2 aliphatic rings. The van der Waals surface area contributed by atoms with Gasteiger partial charge in [0.1, 0.15) is 0 Å². The van der Waals surface area contributed by atoms with Crippen LogP contribution in [0.3, 0.4) is 0 Å². The molecule has 0 unspecified atom stereocenters. The Kier molecular flexibility index (Phi) is 35.5. The molecule has 0 saturated carbocycles. The zero-order chi connectivity index (χ0) is 40.3. The third kappa shape index (κ3) is 26.9. The first-order chi connectivity index (χ1) is 25.0. The summed E-state index contributed by atoms with van der Waals surface area (Å²) < 4.78 is 63.3. The van der Waals surface area contributed by atoms with Crippen LogP contribution in [0, 0.1) is 0 Å². The number of methoxy groups -OCH3 is 7.